The Hall–Kier alpha value is -0.660. The summed E-state index contributed by atoms with van der Waals surface area (Å²) in [7, 11) is 0. The molecule has 0 fully saturated rings. The zero-order chi connectivity index (χ0) is 10.5. The highest BCUT2D eigenvalue weighted by molar-refractivity contribution is 5.17. The number of hydrogen-bond acceptors (Lipinski definition) is 2. The number of rotatable bonds is 5. The molecule has 78 valence electrons. The van der Waals surface area contributed by atoms with Crippen molar-refractivity contribution in [1.29, 1.82) is 0 Å². The van der Waals surface area contributed by atoms with Crippen LogP contribution in [0.1, 0.15) is 53.4 Å². The van der Waals surface area contributed by atoms with Crippen molar-refractivity contribution >= 4 is 0 Å². The van der Waals surface area contributed by atoms with Crippen LogP contribution in [0.15, 0.2) is 11.4 Å². The number of hydrogen-bond donors (Lipinski definition) is 2. The zero-order valence-electron chi connectivity index (χ0n) is 9.48. The first-order valence-electron chi connectivity index (χ1n) is 5.32. The largest absolute Gasteiger partial charge is 0.386 e. The summed E-state index contributed by atoms with van der Waals surface area (Å²) in [6.45, 7) is 8.77. The van der Waals surface area contributed by atoms with Gasteiger partial charge in [0.1, 0.15) is 0 Å². The standard InChI is InChI=1S/C11H24N2/c1-5-9(10(12)13)11(6-2,7-3)8-4/h5-8,12-13H2,1-4H3. The van der Waals surface area contributed by atoms with Crippen molar-refractivity contribution in [1.82, 2.24) is 0 Å². The minimum atomic E-state index is 0.244. The monoisotopic (exact) mass is 184 g/mol. The van der Waals surface area contributed by atoms with Crippen LogP contribution in [-0.4, -0.2) is 0 Å². The van der Waals surface area contributed by atoms with Crippen molar-refractivity contribution in [3.8, 4) is 0 Å². The molecule has 0 unspecified atom stereocenters. The normalized spacial score (nSPS) is 11.4. The van der Waals surface area contributed by atoms with Crippen LogP contribution in [0.25, 0.3) is 0 Å². The summed E-state index contributed by atoms with van der Waals surface area (Å²) in [6.07, 6.45) is 4.35. The van der Waals surface area contributed by atoms with Crippen molar-refractivity contribution in [2.75, 3.05) is 0 Å². The summed E-state index contributed by atoms with van der Waals surface area (Å²) in [5.74, 6) is 0.535. The molecule has 0 aromatic carbocycles. The van der Waals surface area contributed by atoms with E-state index in [1.165, 1.54) is 5.57 Å². The van der Waals surface area contributed by atoms with Gasteiger partial charge >= 0.3 is 0 Å². The molecule has 0 bridgehead atoms. The maximum absolute atomic E-state index is 5.72. The summed E-state index contributed by atoms with van der Waals surface area (Å²) in [5.41, 5.74) is 12.9. The molecule has 2 nitrogen and oxygen atoms in total. The van der Waals surface area contributed by atoms with Crippen molar-refractivity contribution in [2.24, 2.45) is 16.9 Å². The molecular formula is C11H24N2. The van der Waals surface area contributed by atoms with E-state index in [1.54, 1.807) is 0 Å². The van der Waals surface area contributed by atoms with Crippen LogP contribution in [0, 0.1) is 5.41 Å². The molecule has 0 saturated heterocycles. The molecule has 0 saturated carbocycles. The second-order valence-electron chi connectivity index (χ2n) is 3.63. The summed E-state index contributed by atoms with van der Waals surface area (Å²) < 4.78 is 0. The molecule has 0 atom stereocenters. The van der Waals surface area contributed by atoms with Gasteiger partial charge in [-0.05, 0) is 36.7 Å². The Morgan fingerprint density at radius 3 is 1.38 bits per heavy atom. The highest BCUT2D eigenvalue weighted by Crippen LogP contribution is 2.40. The minimum absolute atomic E-state index is 0.244. The average Bonchev–Trinajstić information content (AvgIpc) is 2.13. The summed E-state index contributed by atoms with van der Waals surface area (Å²) in [5, 5.41) is 0. The van der Waals surface area contributed by atoms with Crippen molar-refractivity contribution in [2.45, 2.75) is 53.4 Å². The van der Waals surface area contributed by atoms with E-state index >= 15 is 0 Å². The van der Waals surface area contributed by atoms with Crippen LogP contribution in [0.5, 0.6) is 0 Å². The second kappa shape index (κ2) is 5.15. The van der Waals surface area contributed by atoms with Crippen LogP contribution in [0.4, 0.5) is 0 Å². The van der Waals surface area contributed by atoms with Gasteiger partial charge in [0.05, 0.1) is 5.82 Å². The third-order valence-corrected chi connectivity index (χ3v) is 3.37. The third-order valence-electron chi connectivity index (χ3n) is 3.37. The summed E-state index contributed by atoms with van der Waals surface area (Å²) >= 11 is 0. The predicted molar refractivity (Wildman–Crippen MR) is 59.0 cm³/mol. The van der Waals surface area contributed by atoms with Gasteiger partial charge in [-0.3, -0.25) is 0 Å². The molecule has 0 aromatic rings. The van der Waals surface area contributed by atoms with Crippen LogP contribution >= 0.6 is 0 Å². The fourth-order valence-corrected chi connectivity index (χ4v) is 2.28. The molecule has 0 aliphatic carbocycles. The molecule has 0 aliphatic rings. The molecule has 2 heteroatoms. The van der Waals surface area contributed by atoms with Crippen LogP contribution in [0.2, 0.25) is 0 Å². The SMILES string of the molecule is CCC(=C(N)N)C(CC)(CC)CC. The van der Waals surface area contributed by atoms with Gasteiger partial charge in [0, 0.05) is 0 Å². The van der Waals surface area contributed by atoms with Gasteiger partial charge in [0.2, 0.25) is 0 Å². The van der Waals surface area contributed by atoms with Crippen LogP contribution in [-0.2, 0) is 0 Å². The van der Waals surface area contributed by atoms with E-state index in [0.29, 0.717) is 5.82 Å². The topological polar surface area (TPSA) is 52.0 Å². The first kappa shape index (κ1) is 12.3. The minimum Gasteiger partial charge on any atom is -0.386 e. The van der Waals surface area contributed by atoms with E-state index in [-0.39, 0.29) is 5.41 Å². The third kappa shape index (κ3) is 2.39. The predicted octanol–water partition coefficient (Wildman–Crippen LogP) is 2.74. The zero-order valence-corrected chi connectivity index (χ0v) is 9.48. The second-order valence-corrected chi connectivity index (χ2v) is 3.63. The lowest BCUT2D eigenvalue weighted by atomic mass is 9.72. The van der Waals surface area contributed by atoms with E-state index in [9.17, 15) is 0 Å². The van der Waals surface area contributed by atoms with Gasteiger partial charge in [-0.15, -0.1) is 0 Å². The fraction of sp³-hybridized carbons (Fsp3) is 0.818. The van der Waals surface area contributed by atoms with Gasteiger partial charge in [0.15, 0.2) is 0 Å². The number of nitrogens with two attached hydrogens (primary N) is 2. The molecule has 0 rings (SSSR count). The summed E-state index contributed by atoms with van der Waals surface area (Å²) in [4.78, 5) is 0. The van der Waals surface area contributed by atoms with E-state index < -0.39 is 0 Å². The molecule has 0 spiro atoms. The maximum Gasteiger partial charge on any atom is 0.0930 e. The highest BCUT2D eigenvalue weighted by atomic mass is 14.8. The molecule has 0 aliphatic heterocycles. The van der Waals surface area contributed by atoms with E-state index in [4.69, 9.17) is 11.5 Å². The Kier molecular flexibility index (Phi) is 4.89. The van der Waals surface area contributed by atoms with Crippen molar-refractivity contribution in [3.63, 3.8) is 0 Å². The first-order chi connectivity index (χ1) is 6.07. The lowest BCUT2D eigenvalue weighted by Gasteiger charge is -2.33. The van der Waals surface area contributed by atoms with E-state index in [1.807, 2.05) is 0 Å². The Bertz CT molecular complexity index is 166. The molecule has 0 radical (unpaired) electrons. The van der Waals surface area contributed by atoms with Gasteiger partial charge in [0.25, 0.3) is 0 Å². The fourth-order valence-electron chi connectivity index (χ4n) is 2.28. The van der Waals surface area contributed by atoms with Gasteiger partial charge < -0.3 is 11.5 Å². The van der Waals surface area contributed by atoms with Gasteiger partial charge in [-0.25, -0.2) is 0 Å². The van der Waals surface area contributed by atoms with Crippen LogP contribution in [0.3, 0.4) is 0 Å². The van der Waals surface area contributed by atoms with Crippen LogP contribution < -0.4 is 11.5 Å². The number of allylic oxidation sites excluding steroid dienone is 1. The van der Waals surface area contributed by atoms with Crippen molar-refractivity contribution in [3.05, 3.63) is 11.4 Å². The van der Waals surface area contributed by atoms with Crippen molar-refractivity contribution < 1.29 is 0 Å². The smallest absolute Gasteiger partial charge is 0.0930 e. The molecular weight excluding hydrogens is 160 g/mol. The molecule has 0 heterocycles. The highest BCUT2D eigenvalue weighted by Gasteiger charge is 2.28. The summed E-state index contributed by atoms with van der Waals surface area (Å²) in [6, 6.07) is 0. The molecule has 0 aromatic heterocycles. The van der Waals surface area contributed by atoms with E-state index in [0.717, 1.165) is 25.7 Å². The Morgan fingerprint density at radius 1 is 0.923 bits per heavy atom. The quantitative estimate of drug-likeness (QED) is 0.690. The van der Waals surface area contributed by atoms with Gasteiger partial charge in [-0.2, -0.15) is 0 Å². The lowest BCUT2D eigenvalue weighted by Crippen LogP contribution is -2.27. The first-order valence-corrected chi connectivity index (χ1v) is 5.32. The lowest BCUT2D eigenvalue weighted by molar-refractivity contribution is 0.303. The Balaban J connectivity index is 5.01. The maximum atomic E-state index is 5.72. The Morgan fingerprint density at radius 2 is 1.31 bits per heavy atom. The molecule has 4 N–H and O–H groups in total. The Labute approximate surface area is 82.4 Å². The molecule has 0 amide bonds. The van der Waals surface area contributed by atoms with E-state index in [2.05, 4.69) is 27.7 Å². The average molecular weight is 184 g/mol. The van der Waals surface area contributed by atoms with Gasteiger partial charge in [-0.1, -0.05) is 27.7 Å². The molecule has 13 heavy (non-hydrogen) atoms.